The molecule has 1 saturated carbocycles. The Bertz CT molecular complexity index is 602. The molecular formula is C13H19NO4S2. The lowest BCUT2D eigenvalue weighted by Crippen LogP contribution is -2.33. The molecule has 0 amide bonds. The molecule has 0 unspecified atom stereocenters. The summed E-state index contributed by atoms with van der Waals surface area (Å²) < 4.78 is 26.9. The zero-order valence-corrected chi connectivity index (χ0v) is 13.3. The van der Waals surface area contributed by atoms with E-state index in [9.17, 15) is 13.2 Å². The molecule has 0 bridgehead atoms. The largest absolute Gasteiger partial charge is 0.477 e. The highest BCUT2D eigenvalue weighted by Crippen LogP contribution is 2.34. The Hall–Kier alpha value is -0.920. The van der Waals surface area contributed by atoms with E-state index in [0.717, 1.165) is 30.6 Å². The first-order valence-corrected chi connectivity index (χ1v) is 8.95. The Balaban J connectivity index is 2.31. The van der Waals surface area contributed by atoms with E-state index in [1.807, 2.05) is 6.92 Å². The van der Waals surface area contributed by atoms with Crippen LogP contribution in [-0.4, -0.2) is 36.9 Å². The van der Waals surface area contributed by atoms with Gasteiger partial charge in [-0.15, -0.1) is 11.3 Å². The summed E-state index contributed by atoms with van der Waals surface area (Å²) in [5.41, 5.74) is 0.504. The molecule has 0 saturated heterocycles. The Labute approximate surface area is 123 Å². The normalized spacial score (nSPS) is 15.8. The number of rotatable bonds is 7. The van der Waals surface area contributed by atoms with Crippen molar-refractivity contribution in [3.63, 3.8) is 0 Å². The summed E-state index contributed by atoms with van der Waals surface area (Å²) in [5.74, 6) is -0.602. The molecule has 2 rings (SSSR count). The summed E-state index contributed by atoms with van der Waals surface area (Å²) in [6, 6.07) is 1.47. The van der Waals surface area contributed by atoms with E-state index in [4.69, 9.17) is 5.11 Å². The third-order valence-corrected chi connectivity index (χ3v) is 6.85. The number of aromatic carboxylic acids is 1. The summed E-state index contributed by atoms with van der Waals surface area (Å²) in [5, 5.41) is 9.04. The van der Waals surface area contributed by atoms with Crippen molar-refractivity contribution in [2.75, 3.05) is 13.1 Å². The first-order chi connectivity index (χ1) is 9.36. The SMILES string of the molecule is CCCN(CC1CC1)S(=O)(=O)c1cc(C)c(C(=O)O)s1. The van der Waals surface area contributed by atoms with Gasteiger partial charge in [0.25, 0.3) is 10.0 Å². The minimum Gasteiger partial charge on any atom is -0.477 e. The molecule has 0 spiro atoms. The number of hydrogen-bond acceptors (Lipinski definition) is 4. The molecule has 1 aliphatic carbocycles. The van der Waals surface area contributed by atoms with Gasteiger partial charge < -0.3 is 5.11 Å². The van der Waals surface area contributed by atoms with Crippen molar-refractivity contribution >= 4 is 27.3 Å². The van der Waals surface area contributed by atoms with Crippen molar-refractivity contribution < 1.29 is 18.3 Å². The highest BCUT2D eigenvalue weighted by atomic mass is 32.2. The van der Waals surface area contributed by atoms with E-state index in [0.29, 0.717) is 24.6 Å². The van der Waals surface area contributed by atoms with Crippen molar-refractivity contribution in [3.8, 4) is 0 Å². The highest BCUT2D eigenvalue weighted by Gasteiger charge is 2.32. The molecule has 0 atom stereocenters. The standard InChI is InChI=1S/C13H19NO4S2/c1-3-6-14(8-10-4-5-10)20(17,18)11-7-9(2)12(19-11)13(15)16/h7,10H,3-6,8H2,1-2H3,(H,15,16). The predicted molar refractivity (Wildman–Crippen MR) is 77.8 cm³/mol. The molecule has 0 aromatic carbocycles. The fourth-order valence-corrected chi connectivity index (χ4v) is 5.21. The Morgan fingerprint density at radius 3 is 2.60 bits per heavy atom. The molecule has 1 heterocycles. The van der Waals surface area contributed by atoms with Gasteiger partial charge in [0.15, 0.2) is 0 Å². The van der Waals surface area contributed by atoms with Crippen LogP contribution in [0.5, 0.6) is 0 Å². The Morgan fingerprint density at radius 1 is 1.50 bits per heavy atom. The average molecular weight is 317 g/mol. The number of hydrogen-bond donors (Lipinski definition) is 1. The molecule has 7 heteroatoms. The van der Waals surface area contributed by atoms with Gasteiger partial charge in [0.05, 0.1) is 0 Å². The lowest BCUT2D eigenvalue weighted by Gasteiger charge is -2.20. The molecule has 112 valence electrons. The second-order valence-corrected chi connectivity index (χ2v) is 8.41. The van der Waals surface area contributed by atoms with Crippen LogP contribution in [0.2, 0.25) is 0 Å². The minimum absolute atomic E-state index is 0.103. The van der Waals surface area contributed by atoms with Crippen LogP contribution in [0.1, 0.15) is 41.4 Å². The Kier molecular flexibility index (Phi) is 4.51. The maximum Gasteiger partial charge on any atom is 0.346 e. The van der Waals surface area contributed by atoms with Gasteiger partial charge in [-0.25, -0.2) is 13.2 Å². The Morgan fingerprint density at radius 2 is 2.15 bits per heavy atom. The van der Waals surface area contributed by atoms with Crippen LogP contribution < -0.4 is 0 Å². The van der Waals surface area contributed by atoms with Gasteiger partial charge in [-0.1, -0.05) is 6.92 Å². The van der Waals surface area contributed by atoms with Gasteiger partial charge in [-0.3, -0.25) is 0 Å². The summed E-state index contributed by atoms with van der Waals surface area (Å²) in [7, 11) is -3.56. The van der Waals surface area contributed by atoms with Crippen LogP contribution in [-0.2, 0) is 10.0 Å². The second-order valence-electron chi connectivity index (χ2n) is 5.19. The van der Waals surface area contributed by atoms with Gasteiger partial charge in [0.1, 0.15) is 9.09 Å². The van der Waals surface area contributed by atoms with E-state index in [1.165, 1.54) is 10.4 Å². The van der Waals surface area contributed by atoms with Crippen LogP contribution >= 0.6 is 11.3 Å². The minimum atomic E-state index is -3.56. The van der Waals surface area contributed by atoms with Crippen molar-refractivity contribution in [2.24, 2.45) is 5.92 Å². The van der Waals surface area contributed by atoms with Crippen molar-refractivity contribution in [2.45, 2.75) is 37.3 Å². The van der Waals surface area contributed by atoms with Crippen LogP contribution in [0, 0.1) is 12.8 Å². The summed E-state index contributed by atoms with van der Waals surface area (Å²) >= 11 is 0.847. The van der Waals surface area contributed by atoms with Crippen molar-refractivity contribution in [3.05, 3.63) is 16.5 Å². The summed E-state index contributed by atoms with van der Waals surface area (Å²) in [6.45, 7) is 4.61. The van der Waals surface area contributed by atoms with E-state index in [1.54, 1.807) is 6.92 Å². The fraction of sp³-hybridized carbons (Fsp3) is 0.615. The van der Waals surface area contributed by atoms with E-state index >= 15 is 0 Å². The average Bonchev–Trinajstić information content (AvgIpc) is 3.08. The third kappa shape index (κ3) is 3.21. The van der Waals surface area contributed by atoms with Crippen LogP contribution in [0.3, 0.4) is 0 Å². The number of carboxylic acids is 1. The van der Waals surface area contributed by atoms with E-state index < -0.39 is 16.0 Å². The van der Waals surface area contributed by atoms with Gasteiger partial charge in [0.2, 0.25) is 0 Å². The first kappa shape index (κ1) is 15.5. The number of carboxylic acid groups (broad SMARTS) is 1. The van der Waals surface area contributed by atoms with E-state index in [2.05, 4.69) is 0 Å². The topological polar surface area (TPSA) is 74.7 Å². The van der Waals surface area contributed by atoms with Crippen LogP contribution in [0.15, 0.2) is 10.3 Å². The molecule has 1 fully saturated rings. The zero-order valence-electron chi connectivity index (χ0n) is 11.6. The number of carbonyl (C=O) groups is 1. The molecule has 0 aliphatic heterocycles. The maximum absolute atomic E-state index is 12.6. The van der Waals surface area contributed by atoms with Crippen molar-refractivity contribution in [1.82, 2.24) is 4.31 Å². The van der Waals surface area contributed by atoms with Gasteiger partial charge in [-0.2, -0.15) is 4.31 Å². The fourth-order valence-electron chi connectivity index (χ4n) is 2.07. The smallest absolute Gasteiger partial charge is 0.346 e. The van der Waals surface area contributed by atoms with Crippen LogP contribution in [0.4, 0.5) is 0 Å². The third-order valence-electron chi connectivity index (χ3n) is 3.32. The molecule has 0 radical (unpaired) electrons. The predicted octanol–water partition coefficient (Wildman–Crippen LogP) is 2.57. The molecule has 5 nitrogen and oxygen atoms in total. The van der Waals surface area contributed by atoms with Gasteiger partial charge in [-0.05, 0) is 43.7 Å². The lowest BCUT2D eigenvalue weighted by atomic mass is 10.3. The van der Waals surface area contributed by atoms with E-state index in [-0.39, 0.29) is 9.09 Å². The van der Waals surface area contributed by atoms with Gasteiger partial charge >= 0.3 is 5.97 Å². The molecule has 1 aliphatic rings. The zero-order chi connectivity index (χ0) is 14.9. The second kappa shape index (κ2) is 5.83. The van der Waals surface area contributed by atoms with Gasteiger partial charge in [0, 0.05) is 13.1 Å². The summed E-state index contributed by atoms with van der Waals surface area (Å²) in [6.07, 6.45) is 2.92. The van der Waals surface area contributed by atoms with Crippen LogP contribution in [0.25, 0.3) is 0 Å². The molecule has 20 heavy (non-hydrogen) atoms. The first-order valence-electron chi connectivity index (χ1n) is 6.70. The molecule has 1 aromatic rings. The lowest BCUT2D eigenvalue weighted by molar-refractivity contribution is 0.0701. The number of sulfonamides is 1. The number of aryl methyl sites for hydroxylation is 1. The number of nitrogens with zero attached hydrogens (tertiary/aromatic N) is 1. The summed E-state index contributed by atoms with van der Waals surface area (Å²) in [4.78, 5) is 11.2. The number of thiophene rings is 1. The molecule has 1 aromatic heterocycles. The highest BCUT2D eigenvalue weighted by molar-refractivity contribution is 7.91. The van der Waals surface area contributed by atoms with Crippen molar-refractivity contribution in [1.29, 1.82) is 0 Å². The quantitative estimate of drug-likeness (QED) is 0.838. The maximum atomic E-state index is 12.6. The monoisotopic (exact) mass is 317 g/mol. The molecular weight excluding hydrogens is 298 g/mol. The molecule has 1 N–H and O–H groups in total.